The van der Waals surface area contributed by atoms with Crippen molar-refractivity contribution < 1.29 is 19.4 Å². The number of rotatable bonds is 7. The minimum Gasteiger partial charge on any atom is -0.493 e. The van der Waals surface area contributed by atoms with Crippen LogP contribution in [0.15, 0.2) is 42.5 Å². The highest BCUT2D eigenvalue weighted by Gasteiger charge is 2.23. The zero-order chi connectivity index (χ0) is 16.8. The molecule has 23 heavy (non-hydrogen) atoms. The first kappa shape index (κ1) is 16.9. The van der Waals surface area contributed by atoms with Crippen LogP contribution in [0.3, 0.4) is 0 Å². The maximum Gasteiger partial charge on any atom is 0.311 e. The number of methoxy groups -OCH3 is 2. The summed E-state index contributed by atoms with van der Waals surface area (Å²) in [6.07, 6.45) is 1.28. The van der Waals surface area contributed by atoms with Gasteiger partial charge in [-0.05, 0) is 35.6 Å². The Labute approximate surface area is 136 Å². The highest BCUT2D eigenvalue weighted by Crippen LogP contribution is 2.34. The largest absolute Gasteiger partial charge is 0.493 e. The Morgan fingerprint density at radius 2 is 1.78 bits per heavy atom. The first-order chi connectivity index (χ1) is 11.1. The van der Waals surface area contributed by atoms with Crippen molar-refractivity contribution in [2.24, 2.45) is 0 Å². The van der Waals surface area contributed by atoms with Crippen molar-refractivity contribution in [3.8, 4) is 11.5 Å². The molecule has 4 heteroatoms. The van der Waals surface area contributed by atoms with Gasteiger partial charge in [0.1, 0.15) is 0 Å². The van der Waals surface area contributed by atoms with E-state index < -0.39 is 11.9 Å². The molecule has 0 amide bonds. The van der Waals surface area contributed by atoms with Crippen LogP contribution in [0, 0.1) is 0 Å². The summed E-state index contributed by atoms with van der Waals surface area (Å²) in [5.41, 5.74) is 2.80. The molecular formula is C19H22O4. The molecule has 2 aromatic rings. The van der Waals surface area contributed by atoms with Gasteiger partial charge in [-0.1, -0.05) is 43.3 Å². The molecule has 0 fully saturated rings. The molecule has 4 nitrogen and oxygen atoms in total. The van der Waals surface area contributed by atoms with Crippen molar-refractivity contribution in [3.05, 3.63) is 59.2 Å². The van der Waals surface area contributed by atoms with Crippen molar-refractivity contribution in [1.29, 1.82) is 0 Å². The lowest BCUT2D eigenvalue weighted by Crippen LogP contribution is -2.15. The summed E-state index contributed by atoms with van der Waals surface area (Å²) in [6.45, 7) is 2.07. The van der Waals surface area contributed by atoms with E-state index in [1.807, 2.05) is 36.4 Å². The molecule has 0 aliphatic heterocycles. The van der Waals surface area contributed by atoms with Crippen molar-refractivity contribution in [1.82, 2.24) is 0 Å². The predicted molar refractivity (Wildman–Crippen MR) is 89.4 cm³/mol. The molecule has 0 aliphatic rings. The van der Waals surface area contributed by atoms with Gasteiger partial charge in [0.2, 0.25) is 0 Å². The monoisotopic (exact) mass is 314 g/mol. The van der Waals surface area contributed by atoms with E-state index in [4.69, 9.17) is 9.47 Å². The van der Waals surface area contributed by atoms with Crippen molar-refractivity contribution in [2.75, 3.05) is 14.2 Å². The van der Waals surface area contributed by atoms with Gasteiger partial charge in [-0.2, -0.15) is 0 Å². The Morgan fingerprint density at radius 3 is 2.30 bits per heavy atom. The van der Waals surface area contributed by atoms with E-state index >= 15 is 0 Å². The maximum atomic E-state index is 11.7. The second-order valence-corrected chi connectivity index (χ2v) is 5.34. The molecule has 2 rings (SSSR count). The third-order valence-corrected chi connectivity index (χ3v) is 4.00. The van der Waals surface area contributed by atoms with E-state index in [-0.39, 0.29) is 0 Å². The molecule has 1 N–H and O–H groups in total. The van der Waals surface area contributed by atoms with Crippen LogP contribution in [0.4, 0.5) is 0 Å². The number of carboxylic acid groups (broad SMARTS) is 1. The van der Waals surface area contributed by atoms with Crippen molar-refractivity contribution in [3.63, 3.8) is 0 Å². The number of aryl methyl sites for hydroxylation is 1. The number of aliphatic carboxylic acids is 1. The van der Waals surface area contributed by atoms with Crippen LogP contribution in [-0.2, 0) is 17.6 Å². The normalized spacial score (nSPS) is 11.8. The van der Waals surface area contributed by atoms with Crippen LogP contribution in [0.5, 0.6) is 11.5 Å². The first-order valence-electron chi connectivity index (χ1n) is 7.62. The second-order valence-electron chi connectivity index (χ2n) is 5.34. The zero-order valence-corrected chi connectivity index (χ0v) is 13.7. The zero-order valence-electron chi connectivity index (χ0n) is 13.7. The smallest absolute Gasteiger partial charge is 0.311 e. The van der Waals surface area contributed by atoms with Gasteiger partial charge in [0.25, 0.3) is 0 Å². The molecule has 0 spiro atoms. The topological polar surface area (TPSA) is 55.8 Å². The van der Waals surface area contributed by atoms with Crippen molar-refractivity contribution in [2.45, 2.75) is 25.7 Å². The predicted octanol–water partition coefficient (Wildman–Crippen LogP) is 3.68. The Bertz CT molecular complexity index is 662. The summed E-state index contributed by atoms with van der Waals surface area (Å²) in [5, 5.41) is 9.63. The molecule has 0 bridgehead atoms. The molecule has 2 aromatic carbocycles. The highest BCUT2D eigenvalue weighted by atomic mass is 16.5. The van der Waals surface area contributed by atoms with Gasteiger partial charge in [-0.3, -0.25) is 4.79 Å². The number of hydrogen-bond donors (Lipinski definition) is 1. The average molecular weight is 314 g/mol. The van der Waals surface area contributed by atoms with Gasteiger partial charge in [0, 0.05) is 0 Å². The van der Waals surface area contributed by atoms with Crippen LogP contribution >= 0.6 is 0 Å². The fourth-order valence-electron chi connectivity index (χ4n) is 2.67. The van der Waals surface area contributed by atoms with Gasteiger partial charge < -0.3 is 14.6 Å². The van der Waals surface area contributed by atoms with E-state index in [2.05, 4.69) is 6.92 Å². The summed E-state index contributed by atoms with van der Waals surface area (Å²) in [6, 6.07) is 13.3. The lowest BCUT2D eigenvalue weighted by atomic mass is 9.91. The molecule has 0 saturated heterocycles. The Hall–Kier alpha value is -2.49. The number of carboxylic acids is 1. The van der Waals surface area contributed by atoms with Crippen LogP contribution in [-0.4, -0.2) is 25.3 Å². The average Bonchev–Trinajstić information content (AvgIpc) is 2.59. The standard InChI is InChI=1S/C19H22O4/c1-4-13-8-10-14(11-9-13)16(19(20)21)12-15-6-5-7-17(22-2)18(15)23-3/h5-11,16H,4,12H2,1-3H3,(H,20,21). The number of benzene rings is 2. The van der Waals surface area contributed by atoms with Crippen LogP contribution in [0.25, 0.3) is 0 Å². The van der Waals surface area contributed by atoms with Crippen LogP contribution in [0.1, 0.15) is 29.5 Å². The number of ether oxygens (including phenoxy) is 2. The number of carbonyl (C=O) groups is 1. The van der Waals surface area contributed by atoms with Gasteiger partial charge in [-0.15, -0.1) is 0 Å². The van der Waals surface area contributed by atoms with E-state index in [0.29, 0.717) is 17.9 Å². The Morgan fingerprint density at radius 1 is 1.09 bits per heavy atom. The molecule has 0 radical (unpaired) electrons. The molecule has 0 heterocycles. The van der Waals surface area contributed by atoms with Gasteiger partial charge in [0.05, 0.1) is 20.1 Å². The van der Waals surface area contributed by atoms with E-state index in [0.717, 1.165) is 17.5 Å². The maximum absolute atomic E-state index is 11.7. The summed E-state index contributed by atoms with van der Waals surface area (Å²) in [5.74, 6) is -0.275. The molecule has 0 saturated carbocycles. The molecule has 122 valence electrons. The minimum atomic E-state index is -0.848. The van der Waals surface area contributed by atoms with Gasteiger partial charge in [-0.25, -0.2) is 0 Å². The third kappa shape index (κ3) is 3.83. The SMILES string of the molecule is CCc1ccc(C(Cc2cccc(OC)c2OC)C(=O)O)cc1. The van der Waals surface area contributed by atoms with Gasteiger partial charge >= 0.3 is 5.97 Å². The van der Waals surface area contributed by atoms with E-state index in [1.165, 1.54) is 5.56 Å². The van der Waals surface area contributed by atoms with Crippen LogP contribution in [0.2, 0.25) is 0 Å². The molecule has 0 aliphatic carbocycles. The summed E-state index contributed by atoms with van der Waals surface area (Å²) in [7, 11) is 3.13. The highest BCUT2D eigenvalue weighted by molar-refractivity contribution is 5.76. The Kier molecular flexibility index (Phi) is 5.63. The third-order valence-electron chi connectivity index (χ3n) is 4.00. The molecular weight excluding hydrogens is 292 g/mol. The number of para-hydroxylation sites is 1. The van der Waals surface area contributed by atoms with Crippen LogP contribution < -0.4 is 9.47 Å². The van der Waals surface area contributed by atoms with E-state index in [1.54, 1.807) is 20.3 Å². The Balaban J connectivity index is 2.35. The summed E-state index contributed by atoms with van der Waals surface area (Å²) >= 11 is 0. The lowest BCUT2D eigenvalue weighted by Gasteiger charge is -2.17. The fraction of sp³-hybridized carbons (Fsp3) is 0.316. The summed E-state index contributed by atoms with van der Waals surface area (Å²) in [4.78, 5) is 11.7. The number of hydrogen-bond acceptors (Lipinski definition) is 3. The molecule has 1 unspecified atom stereocenters. The summed E-state index contributed by atoms with van der Waals surface area (Å²) < 4.78 is 10.7. The molecule has 0 aromatic heterocycles. The van der Waals surface area contributed by atoms with E-state index in [9.17, 15) is 9.90 Å². The van der Waals surface area contributed by atoms with Crippen molar-refractivity contribution >= 4 is 5.97 Å². The fourth-order valence-corrected chi connectivity index (χ4v) is 2.67. The first-order valence-corrected chi connectivity index (χ1v) is 7.62. The lowest BCUT2D eigenvalue weighted by molar-refractivity contribution is -0.138. The van der Waals surface area contributed by atoms with Gasteiger partial charge in [0.15, 0.2) is 11.5 Å². The molecule has 1 atom stereocenters. The minimum absolute atomic E-state index is 0.348. The second kappa shape index (κ2) is 7.68. The quantitative estimate of drug-likeness (QED) is 0.847.